The minimum Gasteiger partial charge on any atom is -0.428 e. The van der Waals surface area contributed by atoms with E-state index in [1.807, 2.05) is 6.07 Å². The zero-order chi connectivity index (χ0) is 14.0. The van der Waals surface area contributed by atoms with Crippen molar-refractivity contribution in [3.05, 3.63) is 28.8 Å². The van der Waals surface area contributed by atoms with Crippen molar-refractivity contribution >= 4 is 17.0 Å². The van der Waals surface area contributed by atoms with E-state index in [2.05, 4.69) is 10.2 Å². The van der Waals surface area contributed by atoms with Crippen molar-refractivity contribution in [2.75, 3.05) is 5.73 Å². The summed E-state index contributed by atoms with van der Waals surface area (Å²) in [5, 5.41) is 13.7. The van der Waals surface area contributed by atoms with E-state index in [4.69, 9.17) is 15.7 Å². The number of alkyl halides is 3. The number of anilines is 1. The summed E-state index contributed by atoms with van der Waals surface area (Å²) < 4.78 is 42.1. The molecule has 0 radical (unpaired) electrons. The number of hydrogen-bond acceptors (Lipinski definition) is 6. The number of rotatable bonds is 2. The van der Waals surface area contributed by atoms with Crippen LogP contribution in [0.1, 0.15) is 10.6 Å². The maximum atomic E-state index is 12.3. The Morgan fingerprint density at radius 3 is 2.63 bits per heavy atom. The molecule has 19 heavy (non-hydrogen) atoms. The SMILES string of the molecule is N#Cc1cc(N)ccc1Oc1nnc(C(F)(F)F)s1. The van der Waals surface area contributed by atoms with Crippen LogP contribution in [0.5, 0.6) is 10.9 Å². The molecule has 2 N–H and O–H groups in total. The summed E-state index contributed by atoms with van der Waals surface area (Å²) in [4.78, 5) is 0. The number of nitrogen functional groups attached to an aromatic ring is 1. The molecule has 0 bridgehead atoms. The van der Waals surface area contributed by atoms with Crippen LogP contribution in [-0.4, -0.2) is 10.2 Å². The molecular weight excluding hydrogens is 281 g/mol. The Morgan fingerprint density at radius 1 is 1.32 bits per heavy atom. The summed E-state index contributed by atoms with van der Waals surface area (Å²) in [6.45, 7) is 0. The Hall–Kier alpha value is -2.34. The lowest BCUT2D eigenvalue weighted by Gasteiger charge is -2.03. The maximum absolute atomic E-state index is 12.3. The van der Waals surface area contributed by atoms with Crippen molar-refractivity contribution in [3.63, 3.8) is 0 Å². The molecule has 98 valence electrons. The molecular formula is C10H5F3N4OS. The van der Waals surface area contributed by atoms with Gasteiger partial charge in [0.2, 0.25) is 5.01 Å². The van der Waals surface area contributed by atoms with Gasteiger partial charge in [0.15, 0.2) is 0 Å². The van der Waals surface area contributed by atoms with E-state index in [0.29, 0.717) is 5.69 Å². The zero-order valence-corrected chi connectivity index (χ0v) is 9.92. The number of nitrogens with two attached hydrogens (primary N) is 1. The largest absolute Gasteiger partial charge is 0.445 e. The average molecular weight is 286 g/mol. The molecule has 5 nitrogen and oxygen atoms in total. The standard InChI is InChI=1S/C10H5F3N4OS/c11-10(12,13)8-16-17-9(19-8)18-7-2-1-6(15)3-5(7)4-14/h1-3H,15H2. The van der Waals surface area contributed by atoms with E-state index in [1.54, 1.807) is 0 Å². The third-order valence-corrected chi connectivity index (χ3v) is 2.82. The minimum atomic E-state index is -4.57. The van der Waals surface area contributed by atoms with Gasteiger partial charge in [-0.1, -0.05) is 16.4 Å². The van der Waals surface area contributed by atoms with Crippen molar-refractivity contribution in [1.29, 1.82) is 5.26 Å². The van der Waals surface area contributed by atoms with Crippen molar-refractivity contribution in [2.24, 2.45) is 0 Å². The van der Waals surface area contributed by atoms with Crippen molar-refractivity contribution in [3.8, 4) is 17.0 Å². The Bertz CT molecular complexity index is 647. The highest BCUT2D eigenvalue weighted by atomic mass is 32.1. The topological polar surface area (TPSA) is 84.8 Å². The van der Waals surface area contributed by atoms with Gasteiger partial charge in [-0.15, -0.1) is 5.10 Å². The monoisotopic (exact) mass is 286 g/mol. The lowest BCUT2D eigenvalue weighted by atomic mass is 10.2. The van der Waals surface area contributed by atoms with Crippen LogP contribution in [0, 0.1) is 11.3 Å². The molecule has 0 saturated carbocycles. The van der Waals surface area contributed by atoms with Gasteiger partial charge < -0.3 is 10.5 Å². The highest BCUT2D eigenvalue weighted by molar-refractivity contribution is 7.13. The van der Waals surface area contributed by atoms with Gasteiger partial charge in [-0.05, 0) is 18.2 Å². The molecule has 0 saturated heterocycles. The van der Waals surface area contributed by atoms with Gasteiger partial charge in [-0.3, -0.25) is 0 Å². The molecule has 0 aliphatic heterocycles. The normalized spacial score (nSPS) is 11.1. The van der Waals surface area contributed by atoms with Crippen molar-refractivity contribution in [2.45, 2.75) is 6.18 Å². The Morgan fingerprint density at radius 2 is 2.05 bits per heavy atom. The first-order chi connectivity index (χ1) is 8.90. The number of benzene rings is 1. The van der Waals surface area contributed by atoms with Crippen LogP contribution >= 0.6 is 11.3 Å². The zero-order valence-electron chi connectivity index (χ0n) is 9.10. The molecule has 0 unspecified atom stereocenters. The summed E-state index contributed by atoms with van der Waals surface area (Å²) >= 11 is 0.248. The second kappa shape index (κ2) is 4.74. The van der Waals surface area contributed by atoms with Crippen LogP contribution in [0.25, 0.3) is 0 Å². The highest BCUT2D eigenvalue weighted by Gasteiger charge is 2.36. The van der Waals surface area contributed by atoms with Crippen LogP contribution < -0.4 is 10.5 Å². The first-order valence-electron chi connectivity index (χ1n) is 4.78. The predicted molar refractivity (Wildman–Crippen MR) is 60.6 cm³/mol. The molecule has 0 spiro atoms. The van der Waals surface area contributed by atoms with Crippen molar-refractivity contribution < 1.29 is 17.9 Å². The molecule has 2 rings (SSSR count). The van der Waals surface area contributed by atoms with E-state index in [-0.39, 0.29) is 27.8 Å². The fourth-order valence-corrected chi connectivity index (χ4v) is 1.76. The third kappa shape index (κ3) is 2.92. The van der Waals surface area contributed by atoms with Gasteiger partial charge in [-0.2, -0.15) is 18.4 Å². The lowest BCUT2D eigenvalue weighted by Crippen LogP contribution is -2.03. The van der Waals surface area contributed by atoms with Gasteiger partial charge in [0.05, 0.1) is 5.56 Å². The Labute approximate surface area is 109 Å². The maximum Gasteiger partial charge on any atom is 0.445 e. The molecule has 1 aromatic heterocycles. The summed E-state index contributed by atoms with van der Waals surface area (Å²) in [6, 6.07) is 6.01. The second-order valence-electron chi connectivity index (χ2n) is 3.34. The van der Waals surface area contributed by atoms with E-state index >= 15 is 0 Å². The third-order valence-electron chi connectivity index (χ3n) is 1.97. The smallest absolute Gasteiger partial charge is 0.428 e. The van der Waals surface area contributed by atoms with Crippen LogP contribution in [0.15, 0.2) is 18.2 Å². The lowest BCUT2D eigenvalue weighted by molar-refractivity contribution is -0.138. The Balaban J connectivity index is 2.27. The average Bonchev–Trinajstić information content (AvgIpc) is 2.79. The fraction of sp³-hybridized carbons (Fsp3) is 0.100. The first-order valence-corrected chi connectivity index (χ1v) is 5.60. The summed E-state index contributed by atoms with van der Waals surface area (Å²) in [6.07, 6.45) is -4.57. The number of ether oxygens (including phenoxy) is 1. The van der Waals surface area contributed by atoms with E-state index in [0.717, 1.165) is 0 Å². The van der Waals surface area contributed by atoms with Crippen LogP contribution in [-0.2, 0) is 6.18 Å². The highest BCUT2D eigenvalue weighted by Crippen LogP contribution is 2.36. The van der Waals surface area contributed by atoms with Gasteiger partial charge >= 0.3 is 6.18 Å². The molecule has 0 amide bonds. The minimum absolute atomic E-state index is 0.0709. The molecule has 0 fully saturated rings. The molecule has 0 atom stereocenters. The number of nitrogens with zero attached hydrogens (tertiary/aromatic N) is 3. The van der Waals surface area contributed by atoms with Crippen LogP contribution in [0.2, 0.25) is 0 Å². The molecule has 0 aliphatic carbocycles. The molecule has 0 aliphatic rings. The van der Waals surface area contributed by atoms with Crippen molar-refractivity contribution in [1.82, 2.24) is 10.2 Å². The molecule has 2 aromatic rings. The quantitative estimate of drug-likeness (QED) is 0.858. The second-order valence-corrected chi connectivity index (χ2v) is 4.28. The number of nitriles is 1. The first kappa shape index (κ1) is 13.1. The van der Waals surface area contributed by atoms with Gasteiger partial charge in [0.1, 0.15) is 11.8 Å². The predicted octanol–water partition coefficient (Wildman–Crippen LogP) is 2.80. The molecule has 1 aromatic carbocycles. The van der Waals surface area contributed by atoms with Gasteiger partial charge in [0.25, 0.3) is 5.19 Å². The summed E-state index contributed by atoms with van der Waals surface area (Å²) in [5.41, 5.74) is 5.92. The molecule has 1 heterocycles. The van der Waals surface area contributed by atoms with Gasteiger partial charge in [-0.25, -0.2) is 0 Å². The van der Waals surface area contributed by atoms with Crippen LogP contribution in [0.3, 0.4) is 0 Å². The van der Waals surface area contributed by atoms with E-state index in [9.17, 15) is 13.2 Å². The summed E-state index contributed by atoms with van der Waals surface area (Å²) in [7, 11) is 0. The van der Waals surface area contributed by atoms with Crippen LogP contribution in [0.4, 0.5) is 18.9 Å². The number of hydrogen-bond donors (Lipinski definition) is 1. The molecule has 9 heteroatoms. The fourth-order valence-electron chi connectivity index (χ4n) is 1.18. The summed E-state index contributed by atoms with van der Waals surface area (Å²) in [5.74, 6) is 0.0709. The Kier molecular flexibility index (Phi) is 3.26. The van der Waals surface area contributed by atoms with E-state index < -0.39 is 11.2 Å². The van der Waals surface area contributed by atoms with Gasteiger partial charge in [0, 0.05) is 5.69 Å². The van der Waals surface area contributed by atoms with E-state index in [1.165, 1.54) is 18.2 Å². The number of halogens is 3. The number of aromatic nitrogens is 2.